The van der Waals surface area contributed by atoms with Gasteiger partial charge in [0, 0.05) is 18.1 Å². The van der Waals surface area contributed by atoms with Crippen LogP contribution in [0.2, 0.25) is 0 Å². The number of methoxy groups -OCH3 is 1. The van der Waals surface area contributed by atoms with Gasteiger partial charge in [0.1, 0.15) is 0 Å². The molecule has 1 aromatic carbocycles. The Kier molecular flexibility index (Phi) is 2.93. The zero-order chi connectivity index (χ0) is 13.3. The molecule has 0 spiro atoms. The Morgan fingerprint density at radius 2 is 2.06 bits per heavy atom. The van der Waals surface area contributed by atoms with Gasteiger partial charge in [0.2, 0.25) is 5.75 Å². The number of pyridine rings is 1. The second kappa shape index (κ2) is 4.40. The van der Waals surface area contributed by atoms with E-state index < -0.39 is 5.56 Å². The van der Waals surface area contributed by atoms with Crippen LogP contribution in [0.15, 0.2) is 23.0 Å². The molecule has 6 nitrogen and oxygen atoms in total. The number of hydrogen-bond donors (Lipinski definition) is 1. The molecular weight excluding hydrogens is 236 g/mol. The highest BCUT2D eigenvalue weighted by atomic mass is 16.5. The van der Waals surface area contributed by atoms with Crippen LogP contribution in [-0.4, -0.2) is 18.1 Å². The number of nitrogens with zero attached hydrogens (tertiary/aromatic N) is 1. The van der Waals surface area contributed by atoms with Crippen molar-refractivity contribution in [1.82, 2.24) is 4.57 Å². The molecule has 0 fully saturated rings. The van der Waals surface area contributed by atoms with E-state index in [1.165, 1.54) is 11.7 Å². The summed E-state index contributed by atoms with van der Waals surface area (Å²) in [6.07, 6.45) is 0. The Morgan fingerprint density at radius 1 is 1.33 bits per heavy atom. The first-order valence-electron chi connectivity index (χ1n) is 5.16. The fraction of sp³-hybridized carbons (Fsp3) is 0.167. The summed E-state index contributed by atoms with van der Waals surface area (Å²) in [5, 5.41) is 0.644. The molecule has 0 bridgehead atoms. The van der Waals surface area contributed by atoms with Crippen LogP contribution < -0.4 is 20.8 Å². The molecule has 0 radical (unpaired) electrons. The average Bonchev–Trinajstić information content (AvgIpc) is 2.37. The summed E-state index contributed by atoms with van der Waals surface area (Å²) in [5.74, 6) is 0.0903. The zero-order valence-electron chi connectivity index (χ0n) is 9.97. The van der Waals surface area contributed by atoms with Gasteiger partial charge in [-0.25, -0.2) is 0 Å². The van der Waals surface area contributed by atoms with Gasteiger partial charge < -0.3 is 19.8 Å². The molecule has 0 atom stereocenters. The smallest absolute Gasteiger partial charge is 0.298 e. The number of carbonyl (C=O) groups is 1. The van der Waals surface area contributed by atoms with E-state index in [0.29, 0.717) is 16.6 Å². The van der Waals surface area contributed by atoms with Gasteiger partial charge in [-0.05, 0) is 18.2 Å². The molecule has 2 aromatic rings. The van der Waals surface area contributed by atoms with Crippen molar-refractivity contribution in [3.63, 3.8) is 0 Å². The molecule has 0 aliphatic carbocycles. The van der Waals surface area contributed by atoms with Crippen molar-refractivity contribution in [2.24, 2.45) is 7.05 Å². The predicted molar refractivity (Wildman–Crippen MR) is 66.8 cm³/mol. The lowest BCUT2D eigenvalue weighted by Gasteiger charge is -2.13. The largest absolute Gasteiger partial charge is 0.492 e. The van der Waals surface area contributed by atoms with Crippen molar-refractivity contribution >= 4 is 23.1 Å². The van der Waals surface area contributed by atoms with Gasteiger partial charge in [0.15, 0.2) is 5.75 Å². The highest BCUT2D eigenvalue weighted by Gasteiger charge is 2.17. The molecule has 0 saturated heterocycles. The lowest BCUT2D eigenvalue weighted by Crippen LogP contribution is -2.20. The quantitative estimate of drug-likeness (QED) is 0.637. The summed E-state index contributed by atoms with van der Waals surface area (Å²) in [6.45, 7) is 0.197. The summed E-state index contributed by atoms with van der Waals surface area (Å²) in [7, 11) is 2.98. The average molecular weight is 248 g/mol. The van der Waals surface area contributed by atoms with Crippen molar-refractivity contribution in [3.05, 3.63) is 28.6 Å². The van der Waals surface area contributed by atoms with Crippen molar-refractivity contribution in [2.75, 3.05) is 12.8 Å². The number of anilines is 1. The monoisotopic (exact) mass is 248 g/mol. The minimum atomic E-state index is -0.461. The Morgan fingerprint density at radius 3 is 2.67 bits per heavy atom. The zero-order valence-corrected chi connectivity index (χ0v) is 9.97. The number of nitrogen functional groups attached to an aromatic ring is 1. The number of benzene rings is 1. The lowest BCUT2D eigenvalue weighted by atomic mass is 10.1. The fourth-order valence-electron chi connectivity index (χ4n) is 1.85. The van der Waals surface area contributed by atoms with E-state index in [1.807, 2.05) is 0 Å². The van der Waals surface area contributed by atoms with E-state index in [1.54, 1.807) is 25.2 Å². The van der Waals surface area contributed by atoms with Gasteiger partial charge in [-0.3, -0.25) is 9.59 Å². The van der Waals surface area contributed by atoms with Gasteiger partial charge in [-0.2, -0.15) is 0 Å². The maximum absolute atomic E-state index is 12.0. The number of rotatable bonds is 3. The van der Waals surface area contributed by atoms with Crippen molar-refractivity contribution in [2.45, 2.75) is 0 Å². The van der Waals surface area contributed by atoms with Gasteiger partial charge in [0.25, 0.3) is 12.0 Å². The molecule has 94 valence electrons. The molecule has 1 aromatic heterocycles. The number of aromatic nitrogens is 1. The van der Waals surface area contributed by atoms with E-state index in [-0.39, 0.29) is 18.0 Å². The van der Waals surface area contributed by atoms with Crippen molar-refractivity contribution < 1.29 is 14.3 Å². The van der Waals surface area contributed by atoms with Crippen LogP contribution in [0.4, 0.5) is 5.69 Å². The summed E-state index contributed by atoms with van der Waals surface area (Å²) in [5.41, 5.74) is 6.36. The molecule has 0 aliphatic heterocycles. The van der Waals surface area contributed by atoms with Gasteiger partial charge >= 0.3 is 0 Å². The van der Waals surface area contributed by atoms with Gasteiger partial charge in [-0.15, -0.1) is 0 Å². The van der Waals surface area contributed by atoms with Crippen LogP contribution in [0.1, 0.15) is 0 Å². The second-order valence-corrected chi connectivity index (χ2v) is 3.72. The molecule has 18 heavy (non-hydrogen) atoms. The molecule has 2 N–H and O–H groups in total. The first kappa shape index (κ1) is 12.0. The summed E-state index contributed by atoms with van der Waals surface area (Å²) >= 11 is 0. The third-order valence-electron chi connectivity index (χ3n) is 2.70. The highest BCUT2D eigenvalue weighted by molar-refractivity contribution is 5.90. The van der Waals surface area contributed by atoms with Gasteiger partial charge in [0.05, 0.1) is 12.6 Å². The number of carbonyl (C=O) groups excluding carboxylic acids is 1. The maximum Gasteiger partial charge on any atom is 0.298 e. The molecule has 0 aliphatic rings. The van der Waals surface area contributed by atoms with Crippen LogP contribution in [0.25, 0.3) is 10.9 Å². The number of nitrogens with two attached hydrogens (primary N) is 1. The number of aryl methyl sites for hydroxylation is 1. The Balaban J connectivity index is 2.95. The van der Waals surface area contributed by atoms with Crippen LogP contribution >= 0.6 is 0 Å². The second-order valence-electron chi connectivity index (χ2n) is 3.72. The first-order chi connectivity index (χ1) is 8.60. The molecular formula is C12H12N2O4. The maximum atomic E-state index is 12.0. The van der Waals surface area contributed by atoms with Crippen molar-refractivity contribution in [3.8, 4) is 11.5 Å². The van der Waals surface area contributed by atoms with Gasteiger partial charge in [-0.1, -0.05) is 0 Å². The third kappa shape index (κ3) is 1.67. The Hall–Kier alpha value is -2.50. The standard InChI is InChI=1S/C12H12N2O4/c1-14-9-5-7(13)3-4-8(9)10(17-2)11(12(14)16)18-6-15/h3-6H,13H2,1-2H3. The topological polar surface area (TPSA) is 83.5 Å². The van der Waals surface area contributed by atoms with E-state index in [4.69, 9.17) is 15.2 Å². The van der Waals surface area contributed by atoms with Crippen LogP contribution in [-0.2, 0) is 11.8 Å². The molecule has 0 unspecified atom stereocenters. The minimum absolute atomic E-state index is 0.132. The first-order valence-corrected chi connectivity index (χ1v) is 5.16. The van der Waals surface area contributed by atoms with E-state index >= 15 is 0 Å². The molecule has 6 heteroatoms. The van der Waals surface area contributed by atoms with E-state index in [9.17, 15) is 9.59 Å². The molecule has 0 saturated carbocycles. The molecule has 2 rings (SSSR count). The Bertz CT molecular complexity index is 676. The summed E-state index contributed by atoms with van der Waals surface area (Å²) in [6, 6.07) is 5.05. The SMILES string of the molecule is COc1c(OC=O)c(=O)n(C)c2cc(N)ccc12. The third-order valence-corrected chi connectivity index (χ3v) is 2.70. The van der Waals surface area contributed by atoms with E-state index in [2.05, 4.69) is 0 Å². The van der Waals surface area contributed by atoms with Crippen LogP contribution in [0, 0.1) is 0 Å². The lowest BCUT2D eigenvalue weighted by molar-refractivity contribution is -0.120. The normalized spacial score (nSPS) is 10.3. The van der Waals surface area contributed by atoms with Crippen LogP contribution in [0.3, 0.4) is 0 Å². The number of ether oxygens (including phenoxy) is 2. The van der Waals surface area contributed by atoms with Crippen LogP contribution in [0.5, 0.6) is 11.5 Å². The summed E-state index contributed by atoms with van der Waals surface area (Å²) < 4.78 is 11.2. The summed E-state index contributed by atoms with van der Waals surface area (Å²) in [4.78, 5) is 22.5. The molecule has 0 amide bonds. The Labute approximate surface area is 103 Å². The fourth-order valence-corrected chi connectivity index (χ4v) is 1.85. The predicted octanol–water partition coefficient (Wildman–Crippen LogP) is 0.664. The van der Waals surface area contributed by atoms with Crippen molar-refractivity contribution in [1.29, 1.82) is 0 Å². The van der Waals surface area contributed by atoms with E-state index in [0.717, 1.165) is 0 Å². The highest BCUT2D eigenvalue weighted by Crippen LogP contribution is 2.32. The molecule has 1 heterocycles. The minimum Gasteiger partial charge on any atom is -0.492 e. The number of hydrogen-bond acceptors (Lipinski definition) is 5. The number of fused-ring (bicyclic) bond motifs is 1.